The van der Waals surface area contributed by atoms with Crippen molar-refractivity contribution in [3.8, 4) is 0 Å². The highest BCUT2D eigenvalue weighted by Crippen LogP contribution is 2.22. The molecule has 1 heterocycles. The monoisotopic (exact) mass is 393 g/mol. The Bertz CT molecular complexity index is 994. The first-order valence-corrected chi connectivity index (χ1v) is 9.65. The van der Waals surface area contributed by atoms with E-state index in [1.165, 1.54) is 31.3 Å². The summed E-state index contributed by atoms with van der Waals surface area (Å²) in [7, 11) is -1.89. The number of aryl methyl sites for hydroxylation is 1. The average molecular weight is 393 g/mol. The van der Waals surface area contributed by atoms with E-state index >= 15 is 0 Å². The summed E-state index contributed by atoms with van der Waals surface area (Å²) in [6.07, 6.45) is 3.74. The summed E-state index contributed by atoms with van der Waals surface area (Å²) in [5.41, 5.74) is 0.908. The molecule has 1 amide bonds. The van der Waals surface area contributed by atoms with Gasteiger partial charge < -0.3 is 9.73 Å². The summed E-state index contributed by atoms with van der Waals surface area (Å²) in [5, 5.41) is 13.4. The van der Waals surface area contributed by atoms with Crippen LogP contribution in [0.5, 0.6) is 0 Å². The number of nitro benzene ring substituents is 1. The van der Waals surface area contributed by atoms with Gasteiger partial charge in [0.05, 0.1) is 23.4 Å². The first kappa shape index (κ1) is 20.3. The van der Waals surface area contributed by atoms with Crippen LogP contribution >= 0.6 is 0 Å². The fourth-order valence-electron chi connectivity index (χ4n) is 2.10. The van der Waals surface area contributed by atoms with Crippen LogP contribution in [-0.4, -0.2) is 36.9 Å². The summed E-state index contributed by atoms with van der Waals surface area (Å²) < 4.78 is 29.4. The number of hydrogen-bond acceptors (Lipinski definition) is 6. The van der Waals surface area contributed by atoms with E-state index in [2.05, 4.69) is 5.32 Å². The van der Waals surface area contributed by atoms with Crippen molar-refractivity contribution in [2.24, 2.45) is 0 Å². The van der Waals surface area contributed by atoms with Gasteiger partial charge in [0.15, 0.2) is 0 Å². The molecule has 1 N–H and O–H groups in total. The van der Waals surface area contributed by atoms with Crippen LogP contribution in [0.1, 0.15) is 17.1 Å². The van der Waals surface area contributed by atoms with E-state index in [0.29, 0.717) is 22.8 Å². The maximum atomic E-state index is 12.0. The topological polar surface area (TPSA) is 123 Å². The number of hydrogen-bond donors (Lipinski definition) is 1. The lowest BCUT2D eigenvalue weighted by atomic mass is 10.2. The summed E-state index contributed by atoms with van der Waals surface area (Å²) in [5.74, 6) is 0.320. The number of carbonyl (C=O) groups is 1. The maximum absolute atomic E-state index is 12.0. The first-order valence-electron chi connectivity index (χ1n) is 7.80. The number of carbonyl (C=O) groups excluding carboxylic acids is 1. The SMILES string of the molecule is Cc1ccc([N+](=O)[O-])cc1NC(=O)/C=C/c1ccc(CN(C)S(C)(=O)=O)o1. The maximum Gasteiger partial charge on any atom is 0.271 e. The van der Waals surface area contributed by atoms with E-state index in [-0.39, 0.29) is 12.2 Å². The van der Waals surface area contributed by atoms with Crippen molar-refractivity contribution in [3.63, 3.8) is 0 Å². The molecule has 144 valence electrons. The predicted octanol–water partition coefficient (Wildman–Crippen LogP) is 2.54. The second-order valence-corrected chi connectivity index (χ2v) is 7.99. The number of nitro groups is 1. The van der Waals surface area contributed by atoms with Crippen LogP contribution in [0.4, 0.5) is 11.4 Å². The van der Waals surface area contributed by atoms with Crippen LogP contribution in [0.3, 0.4) is 0 Å². The highest BCUT2D eigenvalue weighted by atomic mass is 32.2. The van der Waals surface area contributed by atoms with Gasteiger partial charge in [0.2, 0.25) is 15.9 Å². The molecular weight excluding hydrogens is 374 g/mol. The molecule has 10 heteroatoms. The number of nitrogens with one attached hydrogen (secondary N) is 1. The third kappa shape index (κ3) is 5.76. The summed E-state index contributed by atoms with van der Waals surface area (Å²) in [4.78, 5) is 22.3. The number of benzene rings is 1. The van der Waals surface area contributed by atoms with Crippen molar-refractivity contribution in [1.82, 2.24) is 4.31 Å². The van der Waals surface area contributed by atoms with Gasteiger partial charge in [0.25, 0.3) is 5.69 Å². The third-order valence-electron chi connectivity index (χ3n) is 3.72. The van der Waals surface area contributed by atoms with Gasteiger partial charge in [-0.3, -0.25) is 14.9 Å². The molecule has 1 aromatic heterocycles. The zero-order chi connectivity index (χ0) is 20.2. The third-order valence-corrected chi connectivity index (χ3v) is 4.98. The molecule has 0 unspecified atom stereocenters. The summed E-state index contributed by atoms with van der Waals surface area (Å²) >= 11 is 0. The fourth-order valence-corrected chi connectivity index (χ4v) is 2.46. The number of rotatable bonds is 7. The number of sulfonamides is 1. The molecule has 0 aliphatic carbocycles. The van der Waals surface area contributed by atoms with Crippen LogP contribution in [-0.2, 0) is 21.4 Å². The van der Waals surface area contributed by atoms with E-state index < -0.39 is 20.9 Å². The van der Waals surface area contributed by atoms with Crippen LogP contribution in [0.25, 0.3) is 6.08 Å². The van der Waals surface area contributed by atoms with Crippen LogP contribution in [0.15, 0.2) is 40.8 Å². The smallest absolute Gasteiger partial charge is 0.271 e. The standard InChI is InChI=1S/C17H19N3O6S/c1-12-4-5-13(20(22)23)10-16(12)18-17(21)9-8-14-6-7-15(26-14)11-19(2)27(3,24)25/h4-10H,11H2,1-3H3,(H,18,21)/b9-8+. The molecule has 9 nitrogen and oxygen atoms in total. The molecule has 2 rings (SSSR count). The van der Waals surface area contributed by atoms with Gasteiger partial charge in [0.1, 0.15) is 11.5 Å². The van der Waals surface area contributed by atoms with Gasteiger partial charge in [-0.2, -0.15) is 4.31 Å². The van der Waals surface area contributed by atoms with Crippen molar-refractivity contribution < 1.29 is 22.6 Å². The lowest BCUT2D eigenvalue weighted by molar-refractivity contribution is -0.384. The first-order chi connectivity index (χ1) is 12.6. The summed E-state index contributed by atoms with van der Waals surface area (Å²) in [6.45, 7) is 1.80. The molecule has 1 aromatic carbocycles. The zero-order valence-electron chi connectivity index (χ0n) is 15.0. The minimum atomic E-state index is -3.32. The molecule has 27 heavy (non-hydrogen) atoms. The van der Waals surface area contributed by atoms with E-state index in [9.17, 15) is 23.3 Å². The number of nitrogens with zero attached hydrogens (tertiary/aromatic N) is 2. The number of amides is 1. The Morgan fingerprint density at radius 1 is 1.33 bits per heavy atom. The van der Waals surface area contributed by atoms with Gasteiger partial charge in [-0.25, -0.2) is 8.42 Å². The fraction of sp³-hybridized carbons (Fsp3) is 0.235. The van der Waals surface area contributed by atoms with Gasteiger partial charge in [-0.15, -0.1) is 0 Å². The molecule has 0 bridgehead atoms. The zero-order valence-corrected chi connectivity index (χ0v) is 15.8. The van der Waals surface area contributed by atoms with Gasteiger partial charge >= 0.3 is 0 Å². The Morgan fingerprint density at radius 3 is 2.67 bits per heavy atom. The molecule has 0 spiro atoms. The molecule has 0 aliphatic heterocycles. The van der Waals surface area contributed by atoms with E-state index in [1.807, 2.05) is 0 Å². The van der Waals surface area contributed by atoms with Crippen molar-refractivity contribution in [1.29, 1.82) is 0 Å². The second-order valence-electron chi connectivity index (χ2n) is 5.90. The number of anilines is 1. The summed E-state index contributed by atoms with van der Waals surface area (Å²) in [6, 6.07) is 7.41. The van der Waals surface area contributed by atoms with Crippen LogP contribution < -0.4 is 5.32 Å². The van der Waals surface area contributed by atoms with Crippen molar-refractivity contribution in [2.45, 2.75) is 13.5 Å². The lowest BCUT2D eigenvalue weighted by Gasteiger charge is -2.11. The minimum Gasteiger partial charge on any atom is -0.460 e. The Balaban J connectivity index is 2.03. The second kappa shape index (κ2) is 8.14. The molecule has 0 atom stereocenters. The molecule has 0 radical (unpaired) electrons. The molecule has 2 aromatic rings. The molecule has 0 saturated carbocycles. The Hall–Kier alpha value is -2.98. The van der Waals surface area contributed by atoms with E-state index in [1.54, 1.807) is 25.1 Å². The normalized spacial score (nSPS) is 11.9. The van der Waals surface area contributed by atoms with Gasteiger partial charge in [-0.1, -0.05) is 6.07 Å². The molecular formula is C17H19N3O6S. The largest absolute Gasteiger partial charge is 0.460 e. The van der Waals surface area contributed by atoms with Crippen LogP contribution in [0, 0.1) is 17.0 Å². The van der Waals surface area contributed by atoms with Gasteiger partial charge in [0, 0.05) is 25.3 Å². The van der Waals surface area contributed by atoms with Crippen molar-refractivity contribution >= 4 is 33.4 Å². The molecule has 0 fully saturated rings. The minimum absolute atomic E-state index is 0.0751. The number of furan rings is 1. The molecule has 0 aliphatic rings. The van der Waals surface area contributed by atoms with Crippen LogP contribution in [0.2, 0.25) is 0 Å². The predicted molar refractivity (Wildman–Crippen MR) is 101 cm³/mol. The van der Waals surface area contributed by atoms with Crippen molar-refractivity contribution in [2.75, 3.05) is 18.6 Å². The highest BCUT2D eigenvalue weighted by molar-refractivity contribution is 7.88. The van der Waals surface area contributed by atoms with E-state index in [4.69, 9.17) is 4.42 Å². The van der Waals surface area contributed by atoms with E-state index in [0.717, 1.165) is 10.6 Å². The molecule has 0 saturated heterocycles. The van der Waals surface area contributed by atoms with Crippen molar-refractivity contribution in [3.05, 3.63) is 63.6 Å². The lowest BCUT2D eigenvalue weighted by Crippen LogP contribution is -2.24. The van der Waals surface area contributed by atoms with Gasteiger partial charge in [-0.05, 0) is 30.7 Å². The average Bonchev–Trinajstić information content (AvgIpc) is 3.01. The highest BCUT2D eigenvalue weighted by Gasteiger charge is 2.13. The Labute approximate surface area is 156 Å². The quantitative estimate of drug-likeness (QED) is 0.438. The number of non-ortho nitro benzene ring substituents is 1. The Morgan fingerprint density at radius 2 is 2.04 bits per heavy atom. The Kier molecular flexibility index (Phi) is 6.13.